The predicted molar refractivity (Wildman–Crippen MR) is 101 cm³/mol. The molecule has 0 spiro atoms. The third-order valence-electron chi connectivity index (χ3n) is 3.81. The van der Waals surface area contributed by atoms with Gasteiger partial charge in [-0.15, -0.1) is 0 Å². The number of nitrogens with one attached hydrogen (secondary N) is 2. The van der Waals surface area contributed by atoms with Gasteiger partial charge >= 0.3 is 0 Å². The van der Waals surface area contributed by atoms with Crippen LogP contribution in [0.1, 0.15) is 12.0 Å². The molecule has 26 heavy (non-hydrogen) atoms. The summed E-state index contributed by atoms with van der Waals surface area (Å²) in [6.07, 6.45) is 0.835. The van der Waals surface area contributed by atoms with Gasteiger partial charge in [-0.05, 0) is 24.6 Å². The Hall–Kier alpha value is -2.31. The minimum Gasteiger partial charge on any atom is -0.495 e. The maximum absolute atomic E-state index is 13.5. The Balaban J connectivity index is 1.79. The quantitative estimate of drug-likeness (QED) is 0.652. The third kappa shape index (κ3) is 5.61. The Kier molecular flexibility index (Phi) is 7.69. The average molecular weight is 381 g/mol. The van der Waals surface area contributed by atoms with Crippen molar-refractivity contribution in [2.45, 2.75) is 12.8 Å². The molecule has 2 aromatic rings. The van der Waals surface area contributed by atoms with Gasteiger partial charge in [-0.1, -0.05) is 29.8 Å². The Morgan fingerprint density at radius 1 is 1.12 bits per heavy atom. The van der Waals surface area contributed by atoms with Gasteiger partial charge in [-0.25, -0.2) is 4.39 Å². The lowest BCUT2D eigenvalue weighted by Gasteiger charge is -2.13. The van der Waals surface area contributed by atoms with Gasteiger partial charge in [-0.3, -0.25) is 4.79 Å². The molecule has 0 heterocycles. The van der Waals surface area contributed by atoms with Gasteiger partial charge in [0.25, 0.3) is 0 Å². The Morgan fingerprint density at radius 2 is 1.85 bits per heavy atom. The highest BCUT2D eigenvalue weighted by Gasteiger charge is 2.12. The zero-order chi connectivity index (χ0) is 18.9. The Bertz CT molecular complexity index is 756. The van der Waals surface area contributed by atoms with Crippen LogP contribution in [0.2, 0.25) is 5.02 Å². The lowest BCUT2D eigenvalue weighted by molar-refractivity contribution is -0.116. The number of amides is 1. The highest BCUT2D eigenvalue weighted by Crippen LogP contribution is 2.35. The number of hydrogen-bond donors (Lipinski definition) is 2. The molecule has 0 bridgehead atoms. The van der Waals surface area contributed by atoms with Crippen LogP contribution < -0.4 is 20.1 Å². The van der Waals surface area contributed by atoms with Crippen molar-refractivity contribution in [1.29, 1.82) is 0 Å². The van der Waals surface area contributed by atoms with Crippen LogP contribution >= 0.6 is 11.6 Å². The maximum Gasteiger partial charge on any atom is 0.225 e. The van der Waals surface area contributed by atoms with E-state index in [0.717, 1.165) is 0 Å². The normalized spacial score (nSPS) is 10.5. The molecule has 140 valence electrons. The number of halogens is 2. The first-order valence-electron chi connectivity index (χ1n) is 8.20. The number of methoxy groups -OCH3 is 2. The van der Waals surface area contributed by atoms with E-state index in [2.05, 4.69) is 10.6 Å². The van der Waals surface area contributed by atoms with E-state index < -0.39 is 0 Å². The first-order valence-corrected chi connectivity index (χ1v) is 8.58. The molecule has 2 N–H and O–H groups in total. The number of carbonyl (C=O) groups excluding carboxylic acids is 1. The molecule has 0 aromatic heterocycles. The molecule has 7 heteroatoms. The second-order valence-corrected chi connectivity index (χ2v) is 5.98. The maximum atomic E-state index is 13.5. The van der Waals surface area contributed by atoms with E-state index in [4.69, 9.17) is 21.1 Å². The summed E-state index contributed by atoms with van der Waals surface area (Å²) in [5.41, 5.74) is 1.15. The highest BCUT2D eigenvalue weighted by atomic mass is 35.5. The molecular weight excluding hydrogens is 359 g/mol. The molecular formula is C19H22ClFN2O3. The molecule has 0 aliphatic carbocycles. The van der Waals surface area contributed by atoms with Crippen LogP contribution in [0.3, 0.4) is 0 Å². The molecule has 0 fully saturated rings. The second kappa shape index (κ2) is 9.99. The van der Waals surface area contributed by atoms with Crippen LogP contribution in [0.15, 0.2) is 36.4 Å². The summed E-state index contributed by atoms with van der Waals surface area (Å²) in [6.45, 7) is 1.07. The number of anilines is 1. The van der Waals surface area contributed by atoms with Crippen molar-refractivity contribution in [3.05, 3.63) is 52.8 Å². The van der Waals surface area contributed by atoms with Crippen molar-refractivity contribution in [2.75, 3.05) is 32.6 Å². The van der Waals surface area contributed by atoms with Crippen molar-refractivity contribution in [1.82, 2.24) is 5.32 Å². The number of carbonyl (C=O) groups is 1. The van der Waals surface area contributed by atoms with Crippen LogP contribution in [-0.4, -0.2) is 33.2 Å². The number of ether oxygens (including phenoxy) is 2. The summed E-state index contributed by atoms with van der Waals surface area (Å²) in [6, 6.07) is 9.87. The fraction of sp³-hybridized carbons (Fsp3) is 0.316. The van der Waals surface area contributed by atoms with E-state index in [1.165, 1.54) is 20.3 Å². The van der Waals surface area contributed by atoms with Gasteiger partial charge in [0.2, 0.25) is 5.91 Å². The summed E-state index contributed by atoms with van der Waals surface area (Å²) < 4.78 is 23.9. The lowest BCUT2D eigenvalue weighted by atomic mass is 10.1. The van der Waals surface area contributed by atoms with E-state index in [0.29, 0.717) is 47.3 Å². The molecule has 5 nitrogen and oxygen atoms in total. The van der Waals surface area contributed by atoms with Gasteiger partial charge < -0.3 is 20.1 Å². The van der Waals surface area contributed by atoms with Gasteiger partial charge in [0.1, 0.15) is 17.3 Å². The van der Waals surface area contributed by atoms with Crippen LogP contribution in [0.25, 0.3) is 0 Å². The van der Waals surface area contributed by atoms with Crippen LogP contribution in [-0.2, 0) is 11.2 Å². The van der Waals surface area contributed by atoms with Crippen LogP contribution in [0.5, 0.6) is 11.5 Å². The summed E-state index contributed by atoms with van der Waals surface area (Å²) >= 11 is 6.04. The van der Waals surface area contributed by atoms with E-state index in [9.17, 15) is 9.18 Å². The minimum atomic E-state index is -0.212. The summed E-state index contributed by atoms with van der Waals surface area (Å²) in [5, 5.41) is 6.31. The van der Waals surface area contributed by atoms with Gasteiger partial charge in [-0.2, -0.15) is 0 Å². The molecule has 0 radical (unpaired) electrons. The third-order valence-corrected chi connectivity index (χ3v) is 4.10. The second-order valence-electron chi connectivity index (χ2n) is 5.58. The number of benzene rings is 2. The predicted octanol–water partition coefficient (Wildman–Crippen LogP) is 3.66. The molecule has 0 saturated carbocycles. The van der Waals surface area contributed by atoms with E-state index in [-0.39, 0.29) is 18.1 Å². The van der Waals surface area contributed by atoms with Gasteiger partial charge in [0.05, 0.1) is 24.9 Å². The van der Waals surface area contributed by atoms with Crippen molar-refractivity contribution in [3.63, 3.8) is 0 Å². The van der Waals surface area contributed by atoms with Crippen molar-refractivity contribution in [3.8, 4) is 11.5 Å². The minimum absolute atomic E-state index is 0.175. The van der Waals surface area contributed by atoms with Crippen LogP contribution in [0.4, 0.5) is 10.1 Å². The standard InChI is InChI=1S/C19H22ClFN2O3/c1-25-17-12-16(18(26-2)11-14(17)20)23-19(24)8-10-22-9-7-13-5-3-4-6-15(13)21/h3-6,11-12,22H,7-10H2,1-2H3,(H,23,24). The smallest absolute Gasteiger partial charge is 0.225 e. The van der Waals surface area contributed by atoms with Gasteiger partial charge in [0.15, 0.2) is 0 Å². The average Bonchev–Trinajstić information content (AvgIpc) is 2.64. The Labute approximate surface area is 157 Å². The topological polar surface area (TPSA) is 59.6 Å². The summed E-state index contributed by atoms with van der Waals surface area (Å²) in [5.74, 6) is 0.518. The molecule has 0 unspecified atom stereocenters. The Morgan fingerprint density at radius 3 is 2.54 bits per heavy atom. The molecule has 2 rings (SSSR count). The van der Waals surface area contributed by atoms with Crippen molar-refractivity contribution < 1.29 is 18.7 Å². The largest absolute Gasteiger partial charge is 0.495 e. The monoisotopic (exact) mass is 380 g/mol. The van der Waals surface area contributed by atoms with E-state index in [1.807, 2.05) is 0 Å². The first kappa shape index (κ1) is 20.0. The summed E-state index contributed by atoms with van der Waals surface area (Å²) in [7, 11) is 3.00. The molecule has 0 aliphatic rings. The number of rotatable bonds is 9. The fourth-order valence-corrected chi connectivity index (χ4v) is 2.65. The molecule has 0 aliphatic heterocycles. The first-order chi connectivity index (χ1) is 12.5. The summed E-state index contributed by atoms with van der Waals surface area (Å²) in [4.78, 5) is 12.1. The molecule has 0 saturated heterocycles. The van der Waals surface area contributed by atoms with Crippen molar-refractivity contribution in [2.24, 2.45) is 0 Å². The zero-order valence-corrected chi connectivity index (χ0v) is 15.5. The van der Waals surface area contributed by atoms with E-state index >= 15 is 0 Å². The molecule has 2 aromatic carbocycles. The molecule has 0 atom stereocenters. The van der Waals surface area contributed by atoms with Gasteiger partial charge in [0, 0.05) is 25.1 Å². The lowest BCUT2D eigenvalue weighted by Crippen LogP contribution is -2.24. The van der Waals surface area contributed by atoms with Crippen LogP contribution in [0, 0.1) is 5.82 Å². The molecule has 1 amide bonds. The fourth-order valence-electron chi connectivity index (χ4n) is 2.42. The highest BCUT2D eigenvalue weighted by molar-refractivity contribution is 6.32. The zero-order valence-electron chi connectivity index (χ0n) is 14.8. The SMILES string of the molecule is COc1cc(NC(=O)CCNCCc2ccccc2F)c(OC)cc1Cl. The van der Waals surface area contributed by atoms with Crippen molar-refractivity contribution >= 4 is 23.2 Å². The number of hydrogen-bond acceptors (Lipinski definition) is 4. The van der Waals surface area contributed by atoms with E-state index in [1.54, 1.807) is 30.3 Å².